The summed E-state index contributed by atoms with van der Waals surface area (Å²) < 4.78 is 13.3. The highest BCUT2D eigenvalue weighted by molar-refractivity contribution is 6.02. The van der Waals surface area contributed by atoms with E-state index in [4.69, 9.17) is 10.4 Å². The molecule has 0 bridgehead atoms. The Morgan fingerprint density at radius 1 is 1.00 bits per heavy atom. The van der Waals surface area contributed by atoms with E-state index in [9.17, 15) is 4.39 Å². The van der Waals surface area contributed by atoms with E-state index in [1.807, 2.05) is 49.6 Å². The van der Waals surface area contributed by atoms with Crippen LogP contribution in [0.2, 0.25) is 0 Å². The highest BCUT2D eigenvalue weighted by Crippen LogP contribution is 2.29. The molecule has 0 aliphatic heterocycles. The molecular weight excluding hydrogens is 327 g/mol. The first-order chi connectivity index (χ1) is 12.6. The maximum atomic E-state index is 13.3. The van der Waals surface area contributed by atoms with Gasteiger partial charge in [0.15, 0.2) is 11.5 Å². The number of hydrogen-bond acceptors (Lipinski definition) is 3. The van der Waals surface area contributed by atoms with Crippen LogP contribution in [0.15, 0.2) is 54.6 Å². The van der Waals surface area contributed by atoms with Crippen molar-refractivity contribution in [1.82, 2.24) is 9.97 Å². The van der Waals surface area contributed by atoms with E-state index in [0.717, 1.165) is 28.9 Å². The molecule has 3 rings (SSSR count). The molecule has 5 heteroatoms. The molecule has 0 unspecified atom stereocenters. The van der Waals surface area contributed by atoms with Crippen LogP contribution in [-0.2, 0) is 0 Å². The van der Waals surface area contributed by atoms with Gasteiger partial charge in [0.25, 0.3) is 0 Å². The predicted molar refractivity (Wildman–Crippen MR) is 102 cm³/mol. The number of nitrogens with two attached hydrogens (primary N) is 1. The molecule has 0 saturated heterocycles. The highest BCUT2D eigenvalue weighted by atomic mass is 19.1. The first-order valence-corrected chi connectivity index (χ1v) is 8.74. The fraction of sp³-hybridized carbons (Fsp3) is 0.190. The molecule has 0 amide bonds. The van der Waals surface area contributed by atoms with Gasteiger partial charge in [0.2, 0.25) is 0 Å². The molecular formula is C21H22FN4+. The van der Waals surface area contributed by atoms with Gasteiger partial charge in [-0.1, -0.05) is 43.7 Å². The second-order valence-corrected chi connectivity index (χ2v) is 6.05. The first kappa shape index (κ1) is 17.9. The van der Waals surface area contributed by atoms with Crippen molar-refractivity contribution in [2.45, 2.75) is 19.8 Å². The molecule has 0 fully saturated rings. The Kier molecular flexibility index (Phi) is 5.49. The molecule has 0 saturated carbocycles. The number of benzene rings is 2. The summed E-state index contributed by atoms with van der Waals surface area (Å²) in [6.45, 7) is 2.05. The number of nitrogens with zero attached hydrogens (tertiary/aromatic N) is 2. The summed E-state index contributed by atoms with van der Waals surface area (Å²) >= 11 is 0. The Balaban J connectivity index is 2.24. The number of aromatic nitrogens is 2. The second-order valence-electron chi connectivity index (χ2n) is 6.05. The number of hydrogen-bond donors (Lipinski definition) is 2. The number of halogens is 1. The van der Waals surface area contributed by atoms with Gasteiger partial charge >= 0.3 is 0 Å². The molecule has 0 aliphatic rings. The van der Waals surface area contributed by atoms with E-state index < -0.39 is 0 Å². The standard InChI is InChI=1S/C21H21FN4/c1-3-7-17(23)19-20(24-2)18(14-8-5-4-6-9-14)25-21(26-19)15-10-12-16(22)13-11-15/h4-6,8-13,23-24H,3,7H2,1-2H3/p+1. The number of rotatable bonds is 6. The first-order valence-electron chi connectivity index (χ1n) is 8.74. The Morgan fingerprint density at radius 3 is 2.31 bits per heavy atom. The van der Waals surface area contributed by atoms with E-state index in [-0.39, 0.29) is 5.82 Å². The van der Waals surface area contributed by atoms with E-state index in [0.29, 0.717) is 23.7 Å². The van der Waals surface area contributed by atoms with Gasteiger partial charge in [-0.3, -0.25) is 0 Å². The van der Waals surface area contributed by atoms with Crippen LogP contribution in [0.5, 0.6) is 0 Å². The molecule has 3 N–H and O–H groups in total. The predicted octanol–water partition coefficient (Wildman–Crippen LogP) is 3.94. The Morgan fingerprint density at radius 2 is 1.69 bits per heavy atom. The summed E-state index contributed by atoms with van der Waals surface area (Å²) in [6, 6.07) is 16.0. The number of quaternary nitrogens is 1. The molecule has 2 aromatic carbocycles. The average molecular weight is 349 g/mol. The Bertz CT molecular complexity index is 905. The van der Waals surface area contributed by atoms with E-state index >= 15 is 0 Å². The third kappa shape index (κ3) is 3.68. The maximum Gasteiger partial charge on any atom is 0.183 e. The number of nitrogens with one attached hydrogen (secondary N) is 1. The van der Waals surface area contributed by atoms with Crippen molar-refractivity contribution in [3.63, 3.8) is 0 Å². The van der Waals surface area contributed by atoms with Gasteiger partial charge in [-0.15, -0.1) is 0 Å². The molecule has 3 aromatic rings. The van der Waals surface area contributed by atoms with Gasteiger partial charge in [0.1, 0.15) is 17.2 Å². The fourth-order valence-electron chi connectivity index (χ4n) is 2.89. The second kappa shape index (κ2) is 7.97. The quantitative estimate of drug-likeness (QED) is 0.662. The van der Waals surface area contributed by atoms with Crippen LogP contribution in [0.1, 0.15) is 25.5 Å². The molecule has 0 radical (unpaired) electrons. The van der Waals surface area contributed by atoms with Gasteiger partial charge in [-0.05, 0) is 30.7 Å². The van der Waals surface area contributed by atoms with Crippen LogP contribution in [0.4, 0.5) is 10.1 Å². The lowest BCUT2D eigenvalue weighted by Crippen LogP contribution is -2.73. The zero-order chi connectivity index (χ0) is 18.5. The zero-order valence-corrected chi connectivity index (χ0v) is 15.0. The maximum absolute atomic E-state index is 13.3. The van der Waals surface area contributed by atoms with Crippen molar-refractivity contribution >= 4 is 11.4 Å². The topological polar surface area (TPSA) is 66.2 Å². The summed E-state index contributed by atoms with van der Waals surface area (Å²) in [4.78, 5) is 9.41. The highest BCUT2D eigenvalue weighted by Gasteiger charge is 2.21. The summed E-state index contributed by atoms with van der Waals surface area (Å²) in [6.07, 6.45) is 1.52. The molecule has 0 spiro atoms. The summed E-state index contributed by atoms with van der Waals surface area (Å²) in [5.74, 6) is 0.208. The van der Waals surface area contributed by atoms with Crippen molar-refractivity contribution in [1.29, 1.82) is 5.41 Å². The molecule has 4 nitrogen and oxygen atoms in total. The van der Waals surface area contributed by atoms with Crippen LogP contribution < -0.4 is 5.32 Å². The third-order valence-corrected chi connectivity index (χ3v) is 4.17. The molecule has 132 valence electrons. The Hall–Kier alpha value is -2.92. The van der Waals surface area contributed by atoms with Gasteiger partial charge < -0.3 is 10.7 Å². The molecule has 1 heterocycles. The van der Waals surface area contributed by atoms with Crippen LogP contribution >= 0.6 is 0 Å². The lowest BCUT2D eigenvalue weighted by molar-refractivity contribution is -0.539. The van der Waals surface area contributed by atoms with Crippen molar-refractivity contribution in [2.24, 2.45) is 0 Å². The van der Waals surface area contributed by atoms with Crippen LogP contribution in [-0.4, -0.2) is 22.7 Å². The SMILES string of the molecule is CCCC(=N)c1nc(-c2ccc(F)cc2)nc(-c2ccccc2)c1[NH2+]C. The van der Waals surface area contributed by atoms with E-state index in [1.54, 1.807) is 12.1 Å². The normalized spacial score (nSPS) is 10.7. The van der Waals surface area contributed by atoms with Crippen molar-refractivity contribution in [3.05, 3.63) is 66.1 Å². The minimum absolute atomic E-state index is 0.297. The minimum atomic E-state index is -0.297. The lowest BCUT2D eigenvalue weighted by atomic mass is 10.0. The molecule has 26 heavy (non-hydrogen) atoms. The zero-order valence-electron chi connectivity index (χ0n) is 15.0. The molecule has 1 aromatic heterocycles. The van der Waals surface area contributed by atoms with Crippen molar-refractivity contribution in [3.8, 4) is 22.6 Å². The Labute approximate surface area is 152 Å². The van der Waals surface area contributed by atoms with Gasteiger partial charge in [-0.2, -0.15) is 0 Å². The fourth-order valence-corrected chi connectivity index (χ4v) is 2.89. The largest absolute Gasteiger partial charge is 0.312 e. The minimum Gasteiger partial charge on any atom is -0.312 e. The monoisotopic (exact) mass is 349 g/mol. The average Bonchev–Trinajstić information content (AvgIpc) is 2.68. The van der Waals surface area contributed by atoms with Crippen LogP contribution in [0.3, 0.4) is 0 Å². The van der Waals surface area contributed by atoms with Gasteiger partial charge in [0.05, 0.1) is 12.8 Å². The van der Waals surface area contributed by atoms with Gasteiger partial charge in [-0.25, -0.2) is 14.4 Å². The lowest BCUT2D eigenvalue weighted by Gasteiger charge is -2.13. The summed E-state index contributed by atoms with van der Waals surface area (Å²) in [5, 5.41) is 10.4. The van der Waals surface area contributed by atoms with Crippen LogP contribution in [0, 0.1) is 11.2 Å². The third-order valence-electron chi connectivity index (χ3n) is 4.17. The smallest absolute Gasteiger partial charge is 0.183 e. The van der Waals surface area contributed by atoms with E-state index in [1.165, 1.54) is 12.1 Å². The molecule has 0 atom stereocenters. The summed E-state index contributed by atoms with van der Waals surface area (Å²) in [5.41, 5.74) is 4.48. The van der Waals surface area contributed by atoms with Crippen molar-refractivity contribution < 1.29 is 9.71 Å². The molecule has 0 aliphatic carbocycles. The van der Waals surface area contributed by atoms with Gasteiger partial charge in [0, 0.05) is 11.1 Å². The van der Waals surface area contributed by atoms with Crippen molar-refractivity contribution in [2.75, 3.05) is 7.05 Å². The summed E-state index contributed by atoms with van der Waals surface area (Å²) in [7, 11) is 1.94. The van der Waals surface area contributed by atoms with E-state index in [2.05, 4.69) is 4.98 Å². The van der Waals surface area contributed by atoms with Crippen LogP contribution in [0.25, 0.3) is 22.6 Å².